The molecule has 1 aliphatic heterocycles. The van der Waals surface area contributed by atoms with Crippen molar-refractivity contribution in [2.75, 3.05) is 7.11 Å². The molecule has 4 nitrogen and oxygen atoms in total. The monoisotopic (exact) mass is 357 g/mol. The van der Waals surface area contributed by atoms with Crippen molar-refractivity contribution in [2.24, 2.45) is 0 Å². The lowest BCUT2D eigenvalue weighted by Crippen LogP contribution is -2.31. The van der Waals surface area contributed by atoms with Crippen LogP contribution >= 0.6 is 0 Å². The van der Waals surface area contributed by atoms with E-state index in [1.165, 1.54) is 0 Å². The molecule has 0 spiro atoms. The molecule has 134 valence electrons. The molecular formula is C23H19NO3. The van der Waals surface area contributed by atoms with Crippen LogP contribution in [0.3, 0.4) is 0 Å². The van der Waals surface area contributed by atoms with E-state index < -0.39 is 0 Å². The lowest BCUT2D eigenvalue weighted by Gasteiger charge is -2.33. The summed E-state index contributed by atoms with van der Waals surface area (Å²) < 4.78 is 5.27. The second kappa shape index (κ2) is 5.95. The highest BCUT2D eigenvalue weighted by Crippen LogP contribution is 2.48. The molecule has 0 fully saturated rings. The number of rotatable bonds is 2. The highest BCUT2D eigenvalue weighted by Gasteiger charge is 2.43. The van der Waals surface area contributed by atoms with Crippen molar-refractivity contribution in [3.05, 3.63) is 82.1 Å². The third kappa shape index (κ3) is 2.29. The lowest BCUT2D eigenvalue weighted by molar-refractivity contribution is -0.116. The summed E-state index contributed by atoms with van der Waals surface area (Å²) in [6.45, 7) is 0. The summed E-state index contributed by atoms with van der Waals surface area (Å²) in [6.07, 6.45) is 2.22. The third-order valence-electron chi connectivity index (χ3n) is 5.71. The minimum absolute atomic E-state index is 0.0128. The molecular weight excluding hydrogens is 338 g/mol. The summed E-state index contributed by atoms with van der Waals surface area (Å²) in [7, 11) is 1.63. The number of dihydropyridines is 1. The van der Waals surface area contributed by atoms with E-state index in [1.54, 1.807) is 7.11 Å². The average molecular weight is 357 g/mol. The lowest BCUT2D eigenvalue weighted by atomic mass is 9.75. The molecule has 0 radical (unpaired) electrons. The Bertz CT molecular complexity index is 1040. The first-order valence-electron chi connectivity index (χ1n) is 9.24. The molecule has 0 saturated carbocycles. The average Bonchev–Trinajstić information content (AvgIpc) is 2.99. The van der Waals surface area contributed by atoms with Gasteiger partial charge in [0.1, 0.15) is 5.75 Å². The van der Waals surface area contributed by atoms with Gasteiger partial charge in [-0.1, -0.05) is 36.4 Å². The first-order chi connectivity index (χ1) is 13.2. The van der Waals surface area contributed by atoms with Crippen LogP contribution in [0.2, 0.25) is 0 Å². The largest absolute Gasteiger partial charge is 0.497 e. The van der Waals surface area contributed by atoms with Crippen LogP contribution in [-0.2, 0) is 4.79 Å². The molecule has 0 unspecified atom stereocenters. The first kappa shape index (κ1) is 16.1. The van der Waals surface area contributed by atoms with Crippen molar-refractivity contribution in [2.45, 2.75) is 25.2 Å². The highest BCUT2D eigenvalue weighted by atomic mass is 16.5. The molecule has 2 aromatic rings. The number of carbonyl (C=O) groups is 2. The summed E-state index contributed by atoms with van der Waals surface area (Å²) in [6, 6.07) is 15.4. The number of methoxy groups -OCH3 is 1. The van der Waals surface area contributed by atoms with Crippen LogP contribution in [0.25, 0.3) is 5.70 Å². The Labute approximate surface area is 157 Å². The molecule has 0 amide bonds. The highest BCUT2D eigenvalue weighted by molar-refractivity contribution is 6.23. The predicted molar refractivity (Wildman–Crippen MR) is 102 cm³/mol. The summed E-state index contributed by atoms with van der Waals surface area (Å²) >= 11 is 0. The third-order valence-corrected chi connectivity index (χ3v) is 5.71. The molecule has 0 saturated heterocycles. The summed E-state index contributed by atoms with van der Waals surface area (Å²) in [5.41, 5.74) is 5.87. The Kier molecular flexibility index (Phi) is 3.54. The van der Waals surface area contributed by atoms with Crippen molar-refractivity contribution in [3.63, 3.8) is 0 Å². The quantitative estimate of drug-likeness (QED) is 0.883. The van der Waals surface area contributed by atoms with Gasteiger partial charge in [0.15, 0.2) is 11.6 Å². The number of nitrogens with one attached hydrogen (secondary N) is 1. The smallest absolute Gasteiger partial charge is 0.192 e. The second-order valence-corrected chi connectivity index (χ2v) is 7.16. The SMILES string of the molecule is COc1ccc([C@@H]2C3=C(CCCC3=O)NC3=C2C(=O)c2ccccc23)cc1. The van der Waals surface area contributed by atoms with E-state index in [9.17, 15) is 9.59 Å². The Hall–Kier alpha value is -3.14. The fourth-order valence-electron chi connectivity index (χ4n) is 4.47. The molecule has 5 rings (SSSR count). The standard InChI is InChI=1S/C23H19NO3/c1-27-14-11-9-13(10-12-14)19-20-17(7-4-8-18(20)25)24-22-15-5-2-3-6-16(15)23(26)21(19)22/h2-3,5-6,9-12,19,24H,4,7-8H2,1H3/t19-/m1/s1. The Morgan fingerprint density at radius 1 is 0.926 bits per heavy atom. The van der Waals surface area contributed by atoms with Crippen LogP contribution in [0.1, 0.15) is 46.7 Å². The van der Waals surface area contributed by atoms with E-state index in [2.05, 4.69) is 5.32 Å². The van der Waals surface area contributed by atoms with Gasteiger partial charge in [-0.05, 0) is 30.5 Å². The second-order valence-electron chi connectivity index (χ2n) is 7.16. The molecule has 27 heavy (non-hydrogen) atoms. The van der Waals surface area contributed by atoms with Crippen LogP contribution in [0, 0.1) is 0 Å². The normalized spacial score (nSPS) is 20.9. The van der Waals surface area contributed by atoms with E-state index in [4.69, 9.17) is 4.74 Å². The van der Waals surface area contributed by atoms with Gasteiger partial charge in [-0.2, -0.15) is 0 Å². The minimum Gasteiger partial charge on any atom is -0.497 e. The molecule has 0 aromatic heterocycles. The molecule has 1 N–H and O–H groups in total. The van der Waals surface area contributed by atoms with E-state index >= 15 is 0 Å². The first-order valence-corrected chi connectivity index (χ1v) is 9.24. The van der Waals surface area contributed by atoms with Gasteiger partial charge in [0.05, 0.1) is 12.8 Å². The van der Waals surface area contributed by atoms with Gasteiger partial charge in [-0.25, -0.2) is 0 Å². The maximum atomic E-state index is 13.3. The van der Waals surface area contributed by atoms with E-state index in [0.29, 0.717) is 17.6 Å². The molecule has 3 aliphatic rings. The molecule has 2 aliphatic carbocycles. The number of ketones is 2. The number of benzene rings is 2. The van der Waals surface area contributed by atoms with Crippen molar-refractivity contribution < 1.29 is 14.3 Å². The van der Waals surface area contributed by atoms with E-state index in [-0.39, 0.29) is 17.5 Å². The zero-order valence-corrected chi connectivity index (χ0v) is 15.0. The zero-order valence-electron chi connectivity index (χ0n) is 15.0. The summed E-state index contributed by atoms with van der Waals surface area (Å²) in [4.78, 5) is 26.1. The van der Waals surface area contributed by atoms with Gasteiger partial charge in [-0.15, -0.1) is 0 Å². The topological polar surface area (TPSA) is 55.4 Å². The van der Waals surface area contributed by atoms with Crippen molar-refractivity contribution in [1.29, 1.82) is 0 Å². The molecule has 1 atom stereocenters. The van der Waals surface area contributed by atoms with Gasteiger partial charge >= 0.3 is 0 Å². The van der Waals surface area contributed by atoms with Crippen molar-refractivity contribution in [3.8, 4) is 5.75 Å². The molecule has 4 heteroatoms. The zero-order chi connectivity index (χ0) is 18.5. The van der Waals surface area contributed by atoms with Gasteiger partial charge in [-0.3, -0.25) is 9.59 Å². The van der Waals surface area contributed by atoms with Gasteiger partial charge < -0.3 is 10.1 Å². The minimum atomic E-state index is -0.324. The number of hydrogen-bond acceptors (Lipinski definition) is 4. The van der Waals surface area contributed by atoms with E-state index in [1.807, 2.05) is 48.5 Å². The Morgan fingerprint density at radius 3 is 2.41 bits per heavy atom. The Balaban J connectivity index is 1.72. The molecule has 1 heterocycles. The van der Waals surface area contributed by atoms with Gasteiger partial charge in [0.25, 0.3) is 0 Å². The van der Waals surface area contributed by atoms with Crippen molar-refractivity contribution >= 4 is 17.3 Å². The maximum absolute atomic E-state index is 13.3. The van der Waals surface area contributed by atoms with Crippen LogP contribution in [0.15, 0.2) is 65.4 Å². The Morgan fingerprint density at radius 2 is 1.67 bits per heavy atom. The molecule has 0 bridgehead atoms. The fourth-order valence-corrected chi connectivity index (χ4v) is 4.47. The van der Waals surface area contributed by atoms with Crippen LogP contribution in [0.5, 0.6) is 5.75 Å². The number of allylic oxidation sites excluding steroid dienone is 3. The number of carbonyl (C=O) groups excluding carboxylic acids is 2. The summed E-state index contributed by atoms with van der Waals surface area (Å²) in [5, 5.41) is 3.45. The number of Topliss-reactive ketones (excluding diaryl/α,β-unsaturated/α-hetero) is 2. The van der Waals surface area contributed by atoms with Crippen LogP contribution in [-0.4, -0.2) is 18.7 Å². The maximum Gasteiger partial charge on any atom is 0.192 e. The van der Waals surface area contributed by atoms with Crippen LogP contribution in [0.4, 0.5) is 0 Å². The fraction of sp³-hybridized carbons (Fsp3) is 0.217. The number of fused-ring (bicyclic) bond motifs is 2. The number of hydrogen-bond donors (Lipinski definition) is 1. The predicted octanol–water partition coefficient (Wildman–Crippen LogP) is 4.00. The number of ether oxygens (including phenoxy) is 1. The van der Waals surface area contributed by atoms with Crippen molar-refractivity contribution in [1.82, 2.24) is 5.32 Å². The molecule has 2 aromatic carbocycles. The van der Waals surface area contributed by atoms with Gasteiger partial charge in [0.2, 0.25) is 0 Å². The van der Waals surface area contributed by atoms with E-state index in [0.717, 1.165) is 46.7 Å². The van der Waals surface area contributed by atoms with Gasteiger partial charge in [0, 0.05) is 40.3 Å². The van der Waals surface area contributed by atoms with Crippen LogP contribution < -0.4 is 10.1 Å². The summed E-state index contributed by atoms with van der Waals surface area (Å²) in [5.74, 6) is 0.584.